The number of aryl methyl sites for hydroxylation is 1. The zero-order valence-electron chi connectivity index (χ0n) is 14.2. The maximum absolute atomic E-state index is 12.0. The van der Waals surface area contributed by atoms with E-state index in [4.69, 9.17) is 4.74 Å². The number of benzene rings is 2. The molecule has 0 spiro atoms. The van der Waals surface area contributed by atoms with Gasteiger partial charge in [-0.25, -0.2) is 0 Å². The molecule has 0 bridgehead atoms. The van der Waals surface area contributed by atoms with Crippen LogP contribution in [0.15, 0.2) is 48.5 Å². The molecule has 2 aromatic rings. The van der Waals surface area contributed by atoms with Crippen LogP contribution in [-0.4, -0.2) is 23.8 Å². The molecule has 0 saturated carbocycles. The Kier molecular flexibility index (Phi) is 5.17. The van der Waals surface area contributed by atoms with Gasteiger partial charge in [0.2, 0.25) is 5.91 Å². The minimum atomic E-state index is -0.953. The molecule has 0 radical (unpaired) electrons. The number of hydrazine groups is 1. The van der Waals surface area contributed by atoms with Crippen LogP contribution in [0.4, 0.5) is 5.69 Å². The number of anilines is 1. The van der Waals surface area contributed by atoms with Crippen molar-refractivity contribution in [3.63, 3.8) is 0 Å². The molecular formula is C19H19N3O4. The maximum atomic E-state index is 12.0. The Morgan fingerprint density at radius 3 is 2.54 bits per heavy atom. The smallest absolute Gasteiger partial charge is 0.269 e. The fourth-order valence-corrected chi connectivity index (χ4v) is 2.54. The molecule has 1 aliphatic heterocycles. The zero-order chi connectivity index (χ0) is 18.5. The van der Waals surface area contributed by atoms with Crippen LogP contribution in [0.1, 0.15) is 29.3 Å². The highest BCUT2D eigenvalue weighted by atomic mass is 16.5. The first-order chi connectivity index (χ1) is 12.6. The van der Waals surface area contributed by atoms with Crippen molar-refractivity contribution in [3.8, 4) is 5.75 Å². The highest BCUT2D eigenvalue weighted by molar-refractivity contribution is 6.00. The summed E-state index contributed by atoms with van der Waals surface area (Å²) in [6.07, 6.45) is -0.286. The Morgan fingerprint density at radius 2 is 1.81 bits per heavy atom. The number of hydrogen-bond donors (Lipinski definition) is 3. The van der Waals surface area contributed by atoms with Crippen LogP contribution in [0.2, 0.25) is 0 Å². The molecule has 3 N–H and O–H groups in total. The van der Waals surface area contributed by atoms with Crippen molar-refractivity contribution in [3.05, 3.63) is 59.7 Å². The molecule has 7 nitrogen and oxygen atoms in total. The number of carbonyl (C=O) groups excluding carboxylic acids is 3. The van der Waals surface area contributed by atoms with Crippen molar-refractivity contribution in [2.75, 3.05) is 5.32 Å². The highest BCUT2D eigenvalue weighted by Gasteiger charge is 2.29. The number of rotatable bonds is 4. The zero-order valence-corrected chi connectivity index (χ0v) is 14.2. The van der Waals surface area contributed by atoms with Gasteiger partial charge >= 0.3 is 0 Å². The van der Waals surface area contributed by atoms with E-state index < -0.39 is 23.8 Å². The highest BCUT2D eigenvalue weighted by Crippen LogP contribution is 2.29. The third-order valence-corrected chi connectivity index (χ3v) is 4.02. The van der Waals surface area contributed by atoms with E-state index in [1.165, 1.54) is 0 Å². The Bertz CT molecular complexity index is 833. The summed E-state index contributed by atoms with van der Waals surface area (Å²) in [5, 5.41) is 2.69. The van der Waals surface area contributed by atoms with Crippen LogP contribution >= 0.6 is 0 Å². The summed E-state index contributed by atoms with van der Waals surface area (Å²) in [6.45, 7) is 2.02. The molecule has 0 unspecified atom stereocenters. The average molecular weight is 353 g/mol. The van der Waals surface area contributed by atoms with E-state index >= 15 is 0 Å². The lowest BCUT2D eigenvalue weighted by molar-refractivity contribution is -0.130. The molecule has 3 amide bonds. The molecule has 7 heteroatoms. The van der Waals surface area contributed by atoms with E-state index in [-0.39, 0.29) is 6.42 Å². The second-order valence-corrected chi connectivity index (χ2v) is 5.85. The quantitative estimate of drug-likeness (QED) is 0.730. The second-order valence-electron chi connectivity index (χ2n) is 5.85. The molecule has 1 aliphatic rings. The Labute approximate surface area is 150 Å². The van der Waals surface area contributed by atoms with Crippen molar-refractivity contribution in [2.45, 2.75) is 25.9 Å². The van der Waals surface area contributed by atoms with Gasteiger partial charge in [0.15, 0.2) is 6.10 Å². The second kappa shape index (κ2) is 7.69. The first-order valence-electron chi connectivity index (χ1n) is 8.31. The number of fused-ring (bicyclic) bond motifs is 1. The summed E-state index contributed by atoms with van der Waals surface area (Å²) >= 11 is 0. The molecule has 1 heterocycles. The van der Waals surface area contributed by atoms with Crippen molar-refractivity contribution in [1.82, 2.24) is 10.9 Å². The van der Waals surface area contributed by atoms with Gasteiger partial charge in [-0.1, -0.05) is 31.2 Å². The summed E-state index contributed by atoms with van der Waals surface area (Å²) in [7, 11) is 0. The summed E-state index contributed by atoms with van der Waals surface area (Å²) in [4.78, 5) is 36.1. The van der Waals surface area contributed by atoms with E-state index in [9.17, 15) is 14.4 Å². The minimum Gasteiger partial charge on any atom is -0.478 e. The SMILES string of the molecule is CCc1ccc(C(=O)NNC(=O)C[C@@H]2Oc3ccccc3NC2=O)cc1. The normalized spacial score (nSPS) is 15.3. The predicted octanol–water partition coefficient (Wildman–Crippen LogP) is 1.80. The van der Waals surface area contributed by atoms with E-state index in [1.54, 1.807) is 36.4 Å². The van der Waals surface area contributed by atoms with Gasteiger partial charge in [0.1, 0.15) is 5.75 Å². The van der Waals surface area contributed by atoms with Gasteiger partial charge in [-0.3, -0.25) is 25.2 Å². The Balaban J connectivity index is 1.52. The fourth-order valence-electron chi connectivity index (χ4n) is 2.54. The lowest BCUT2D eigenvalue weighted by Gasteiger charge is -2.25. The number of amides is 3. The van der Waals surface area contributed by atoms with Gasteiger partial charge in [0, 0.05) is 5.56 Å². The first kappa shape index (κ1) is 17.5. The number of para-hydroxylation sites is 2. The minimum absolute atomic E-state index is 0.213. The number of ether oxygens (including phenoxy) is 1. The van der Waals surface area contributed by atoms with Gasteiger partial charge in [0.25, 0.3) is 11.8 Å². The molecule has 2 aromatic carbocycles. The molecule has 1 atom stereocenters. The van der Waals surface area contributed by atoms with Crippen LogP contribution in [-0.2, 0) is 16.0 Å². The van der Waals surface area contributed by atoms with Gasteiger partial charge in [-0.2, -0.15) is 0 Å². The molecule has 134 valence electrons. The lowest BCUT2D eigenvalue weighted by atomic mass is 10.1. The van der Waals surface area contributed by atoms with E-state index in [1.807, 2.05) is 19.1 Å². The third-order valence-electron chi connectivity index (χ3n) is 4.02. The van der Waals surface area contributed by atoms with Gasteiger partial charge in [-0.15, -0.1) is 0 Å². The van der Waals surface area contributed by atoms with Gasteiger partial charge in [0.05, 0.1) is 12.1 Å². The predicted molar refractivity (Wildman–Crippen MR) is 95.5 cm³/mol. The Morgan fingerprint density at radius 1 is 1.08 bits per heavy atom. The average Bonchev–Trinajstić information content (AvgIpc) is 2.66. The van der Waals surface area contributed by atoms with Crippen LogP contribution in [0.3, 0.4) is 0 Å². The van der Waals surface area contributed by atoms with Crippen LogP contribution in [0, 0.1) is 0 Å². The molecular weight excluding hydrogens is 334 g/mol. The fraction of sp³-hybridized carbons (Fsp3) is 0.211. The van der Waals surface area contributed by atoms with E-state index in [2.05, 4.69) is 16.2 Å². The molecule has 3 rings (SSSR count). The topological polar surface area (TPSA) is 96.5 Å². The van der Waals surface area contributed by atoms with Crippen molar-refractivity contribution in [1.29, 1.82) is 0 Å². The summed E-state index contributed by atoms with van der Waals surface area (Å²) in [6, 6.07) is 14.1. The third kappa shape index (κ3) is 4.00. The molecule has 26 heavy (non-hydrogen) atoms. The first-order valence-corrected chi connectivity index (χ1v) is 8.31. The standard InChI is InChI=1S/C19H19N3O4/c1-2-12-7-9-13(10-8-12)18(24)22-21-17(23)11-16-19(25)20-14-5-3-4-6-15(14)26-16/h3-10,16H,2,11H2,1H3,(H,20,25)(H,21,23)(H,22,24)/t16-/m0/s1. The maximum Gasteiger partial charge on any atom is 0.269 e. The van der Waals surface area contributed by atoms with E-state index in [0.717, 1.165) is 12.0 Å². The van der Waals surface area contributed by atoms with Gasteiger partial charge in [-0.05, 0) is 36.2 Å². The number of hydrogen-bond acceptors (Lipinski definition) is 4. The molecule has 0 aliphatic carbocycles. The summed E-state index contributed by atoms with van der Waals surface area (Å²) in [5.41, 5.74) is 6.75. The van der Waals surface area contributed by atoms with Crippen LogP contribution < -0.4 is 20.9 Å². The molecule has 0 aromatic heterocycles. The number of carbonyl (C=O) groups is 3. The van der Waals surface area contributed by atoms with Crippen molar-refractivity contribution >= 4 is 23.4 Å². The molecule has 0 saturated heterocycles. The van der Waals surface area contributed by atoms with Crippen LogP contribution in [0.5, 0.6) is 5.75 Å². The monoisotopic (exact) mass is 353 g/mol. The molecule has 0 fully saturated rings. The van der Waals surface area contributed by atoms with Gasteiger partial charge < -0.3 is 10.1 Å². The van der Waals surface area contributed by atoms with Crippen molar-refractivity contribution in [2.24, 2.45) is 0 Å². The summed E-state index contributed by atoms with van der Waals surface area (Å²) in [5.74, 6) is -0.853. The largest absolute Gasteiger partial charge is 0.478 e. The summed E-state index contributed by atoms with van der Waals surface area (Å²) < 4.78 is 5.55. The Hall–Kier alpha value is -3.35. The lowest BCUT2D eigenvalue weighted by Crippen LogP contribution is -2.46. The van der Waals surface area contributed by atoms with Crippen molar-refractivity contribution < 1.29 is 19.1 Å². The van der Waals surface area contributed by atoms with Crippen LogP contribution in [0.25, 0.3) is 0 Å². The van der Waals surface area contributed by atoms with E-state index in [0.29, 0.717) is 17.0 Å². The number of nitrogens with one attached hydrogen (secondary N) is 3.